The highest BCUT2D eigenvalue weighted by Crippen LogP contribution is 2.43. The lowest BCUT2D eigenvalue weighted by Crippen LogP contribution is -2.66. The number of hydrogen-bond donors (Lipinski definition) is 1. The summed E-state index contributed by atoms with van der Waals surface area (Å²) in [5.74, 6) is 2.47. The minimum Gasteiger partial charge on any atom is -0.371 e. The lowest BCUT2D eigenvalue weighted by atomic mass is 9.82. The minimum absolute atomic E-state index is 0.0810. The van der Waals surface area contributed by atoms with Crippen LogP contribution < -0.4 is 5.32 Å². The van der Waals surface area contributed by atoms with E-state index in [9.17, 15) is 9.59 Å². The topological polar surface area (TPSA) is 58.6 Å². The van der Waals surface area contributed by atoms with Gasteiger partial charge in [0.15, 0.2) is 0 Å². The molecule has 3 atom stereocenters. The third-order valence-corrected chi connectivity index (χ3v) is 6.09. The van der Waals surface area contributed by atoms with Crippen LogP contribution in [0.1, 0.15) is 45.4 Å². The number of amides is 2. The number of rotatable bonds is 5. The Bertz CT molecular complexity index is 486. The van der Waals surface area contributed by atoms with E-state index in [1.807, 2.05) is 4.90 Å². The van der Waals surface area contributed by atoms with Crippen LogP contribution in [0, 0.1) is 23.7 Å². The number of nitrogens with zero attached hydrogens (tertiary/aromatic N) is 1. The molecule has 0 unspecified atom stereocenters. The van der Waals surface area contributed by atoms with E-state index in [0.29, 0.717) is 36.7 Å². The summed E-state index contributed by atoms with van der Waals surface area (Å²) in [5, 5.41) is 3.06. The summed E-state index contributed by atoms with van der Waals surface area (Å²) < 4.78 is 6.10. The van der Waals surface area contributed by atoms with Crippen LogP contribution in [0.4, 0.5) is 0 Å². The summed E-state index contributed by atoms with van der Waals surface area (Å²) in [6.45, 7) is 5.15. The maximum absolute atomic E-state index is 12.2. The van der Waals surface area contributed by atoms with Gasteiger partial charge < -0.3 is 15.0 Å². The first-order valence-electron chi connectivity index (χ1n) is 9.24. The van der Waals surface area contributed by atoms with E-state index in [1.165, 1.54) is 12.8 Å². The monoisotopic (exact) mass is 320 g/mol. The van der Waals surface area contributed by atoms with Gasteiger partial charge in [0, 0.05) is 18.9 Å². The molecule has 2 aliphatic heterocycles. The molecule has 0 aromatic rings. The van der Waals surface area contributed by atoms with E-state index in [2.05, 4.69) is 12.2 Å². The van der Waals surface area contributed by atoms with Crippen molar-refractivity contribution in [1.29, 1.82) is 0 Å². The molecule has 0 radical (unpaired) electrons. The van der Waals surface area contributed by atoms with Gasteiger partial charge in [0.05, 0.1) is 19.7 Å². The maximum atomic E-state index is 12.2. The molecule has 2 aliphatic carbocycles. The Hall–Kier alpha value is -1.10. The van der Waals surface area contributed by atoms with Crippen molar-refractivity contribution in [2.75, 3.05) is 26.2 Å². The fourth-order valence-corrected chi connectivity index (χ4v) is 3.95. The summed E-state index contributed by atoms with van der Waals surface area (Å²) in [4.78, 5) is 25.9. The van der Waals surface area contributed by atoms with Gasteiger partial charge in [-0.3, -0.25) is 9.59 Å². The van der Waals surface area contributed by atoms with Crippen LogP contribution in [0.3, 0.4) is 0 Å². The van der Waals surface area contributed by atoms with Gasteiger partial charge in [0.2, 0.25) is 11.8 Å². The summed E-state index contributed by atoms with van der Waals surface area (Å²) in [5.41, 5.74) is -0.0810. The van der Waals surface area contributed by atoms with E-state index < -0.39 is 0 Å². The van der Waals surface area contributed by atoms with Crippen molar-refractivity contribution in [1.82, 2.24) is 10.2 Å². The molecular weight excluding hydrogens is 292 g/mol. The second-order valence-corrected chi connectivity index (χ2v) is 8.36. The van der Waals surface area contributed by atoms with Crippen LogP contribution >= 0.6 is 0 Å². The van der Waals surface area contributed by atoms with Gasteiger partial charge in [-0.15, -0.1) is 0 Å². The summed E-state index contributed by atoms with van der Waals surface area (Å²) in [7, 11) is 0. The number of hydrogen-bond acceptors (Lipinski definition) is 3. The Morgan fingerprint density at radius 1 is 1.22 bits per heavy atom. The molecule has 5 heteroatoms. The predicted molar refractivity (Wildman–Crippen MR) is 85.6 cm³/mol. The zero-order valence-electron chi connectivity index (χ0n) is 14.1. The maximum Gasteiger partial charge on any atom is 0.226 e. The molecule has 4 aliphatic rings. The molecule has 5 nitrogen and oxygen atoms in total. The Kier molecular flexibility index (Phi) is 3.87. The summed E-state index contributed by atoms with van der Waals surface area (Å²) in [6.07, 6.45) is 6.31. The van der Waals surface area contributed by atoms with E-state index >= 15 is 0 Å². The Balaban J connectivity index is 1.15. The van der Waals surface area contributed by atoms with Crippen LogP contribution in [-0.2, 0) is 14.3 Å². The first kappa shape index (κ1) is 15.4. The first-order chi connectivity index (χ1) is 11.0. The number of carbonyl (C=O) groups is 2. The molecule has 2 saturated carbocycles. The molecule has 1 N–H and O–H groups in total. The average molecular weight is 320 g/mol. The van der Waals surface area contributed by atoms with Crippen molar-refractivity contribution in [2.24, 2.45) is 23.7 Å². The van der Waals surface area contributed by atoms with Crippen molar-refractivity contribution < 1.29 is 14.3 Å². The number of carbonyl (C=O) groups excluding carboxylic acids is 2. The van der Waals surface area contributed by atoms with Crippen molar-refractivity contribution in [3.8, 4) is 0 Å². The van der Waals surface area contributed by atoms with Crippen molar-refractivity contribution in [3.63, 3.8) is 0 Å². The number of likely N-dealkylation sites (tertiary alicyclic amines) is 1. The standard InChI is InChI=1S/C18H28N2O3/c1-12-6-15(12)17(22)20-10-18(11-20)5-4-14(9-23-18)8-19-16(21)7-13-2-3-13/h12-15H,2-11H2,1H3,(H,19,21)/t12-,14+,15-/m1/s1. The smallest absolute Gasteiger partial charge is 0.226 e. The number of nitrogens with one attached hydrogen (secondary N) is 1. The quantitative estimate of drug-likeness (QED) is 0.836. The third kappa shape index (κ3) is 3.39. The first-order valence-corrected chi connectivity index (χ1v) is 9.24. The zero-order valence-corrected chi connectivity index (χ0v) is 14.1. The largest absolute Gasteiger partial charge is 0.371 e. The van der Waals surface area contributed by atoms with Crippen LogP contribution in [0.15, 0.2) is 0 Å². The molecule has 2 amide bonds. The molecule has 4 rings (SSSR count). The summed E-state index contributed by atoms with van der Waals surface area (Å²) in [6, 6.07) is 0. The second kappa shape index (κ2) is 5.76. The van der Waals surface area contributed by atoms with Gasteiger partial charge in [-0.05, 0) is 49.9 Å². The van der Waals surface area contributed by atoms with Gasteiger partial charge in [-0.2, -0.15) is 0 Å². The molecule has 0 aromatic heterocycles. The van der Waals surface area contributed by atoms with E-state index in [0.717, 1.165) is 38.9 Å². The van der Waals surface area contributed by atoms with Gasteiger partial charge >= 0.3 is 0 Å². The Morgan fingerprint density at radius 3 is 2.52 bits per heavy atom. The lowest BCUT2D eigenvalue weighted by molar-refractivity contribution is -0.189. The minimum atomic E-state index is -0.0810. The van der Waals surface area contributed by atoms with E-state index in [1.54, 1.807) is 0 Å². The van der Waals surface area contributed by atoms with Gasteiger partial charge in [-0.1, -0.05) is 6.92 Å². The van der Waals surface area contributed by atoms with Gasteiger partial charge in [0.1, 0.15) is 5.60 Å². The predicted octanol–water partition coefficient (Wildman–Crippen LogP) is 1.57. The fourth-order valence-electron chi connectivity index (χ4n) is 3.95. The van der Waals surface area contributed by atoms with Crippen LogP contribution in [0.5, 0.6) is 0 Å². The normalized spacial score (nSPS) is 34.8. The van der Waals surface area contributed by atoms with Gasteiger partial charge in [-0.25, -0.2) is 0 Å². The van der Waals surface area contributed by atoms with Crippen LogP contribution in [-0.4, -0.2) is 48.6 Å². The molecule has 128 valence electrons. The Labute approximate surface area is 138 Å². The molecule has 2 heterocycles. The average Bonchev–Trinajstić information content (AvgIpc) is 3.41. The summed E-state index contributed by atoms with van der Waals surface area (Å²) >= 11 is 0. The Morgan fingerprint density at radius 2 is 1.96 bits per heavy atom. The molecule has 23 heavy (non-hydrogen) atoms. The molecule has 0 bridgehead atoms. The molecule has 0 aromatic carbocycles. The van der Waals surface area contributed by atoms with Crippen LogP contribution in [0.2, 0.25) is 0 Å². The molecular formula is C18H28N2O3. The van der Waals surface area contributed by atoms with E-state index in [4.69, 9.17) is 4.74 Å². The van der Waals surface area contributed by atoms with Gasteiger partial charge in [0.25, 0.3) is 0 Å². The highest BCUT2D eigenvalue weighted by atomic mass is 16.5. The molecule has 1 spiro atoms. The third-order valence-electron chi connectivity index (χ3n) is 6.09. The highest BCUT2D eigenvalue weighted by molar-refractivity contribution is 5.82. The fraction of sp³-hybridized carbons (Fsp3) is 0.889. The SMILES string of the molecule is C[C@@H]1C[C@H]1C(=O)N1CC2(CC[C@@H](CNC(=O)CC3CC3)CO2)C1. The highest BCUT2D eigenvalue weighted by Gasteiger charge is 2.52. The lowest BCUT2D eigenvalue weighted by Gasteiger charge is -2.53. The second-order valence-electron chi connectivity index (χ2n) is 8.36. The van der Waals surface area contributed by atoms with E-state index in [-0.39, 0.29) is 17.4 Å². The molecule has 4 fully saturated rings. The zero-order chi connectivity index (χ0) is 16.0. The van der Waals surface area contributed by atoms with Crippen LogP contribution in [0.25, 0.3) is 0 Å². The van der Waals surface area contributed by atoms with Crippen molar-refractivity contribution >= 4 is 11.8 Å². The van der Waals surface area contributed by atoms with Crippen molar-refractivity contribution in [2.45, 2.75) is 51.0 Å². The van der Waals surface area contributed by atoms with Crippen molar-refractivity contribution in [3.05, 3.63) is 0 Å². The molecule has 2 saturated heterocycles. The number of ether oxygens (including phenoxy) is 1.